The van der Waals surface area contributed by atoms with Gasteiger partial charge in [0.05, 0.1) is 9.80 Å². The van der Waals surface area contributed by atoms with Gasteiger partial charge >= 0.3 is 0 Å². The second-order valence-corrected chi connectivity index (χ2v) is 6.39. The molecule has 2 aromatic heterocycles. The molecule has 1 amide bonds. The molecule has 0 aliphatic carbocycles. The van der Waals surface area contributed by atoms with Crippen molar-refractivity contribution in [3.8, 4) is 0 Å². The lowest BCUT2D eigenvalue weighted by molar-refractivity contribution is -0.385. The van der Waals surface area contributed by atoms with Crippen molar-refractivity contribution in [2.75, 3.05) is 18.4 Å². The third kappa shape index (κ3) is 3.31. The molecule has 0 radical (unpaired) electrons. The van der Waals surface area contributed by atoms with Gasteiger partial charge < -0.3 is 10.2 Å². The van der Waals surface area contributed by atoms with E-state index in [4.69, 9.17) is 0 Å². The van der Waals surface area contributed by atoms with Crippen LogP contribution in [0.1, 0.15) is 21.7 Å². The molecule has 0 aromatic carbocycles. The minimum Gasteiger partial charge on any atom is -0.365 e. The fraction of sp³-hybridized carbons (Fsp3) is 0.333. The summed E-state index contributed by atoms with van der Waals surface area (Å²) in [5, 5.41) is 15.8. The topological polar surface area (TPSA) is 88.4 Å². The third-order valence-electron chi connectivity index (χ3n) is 3.84. The Kier molecular flexibility index (Phi) is 4.24. The van der Waals surface area contributed by atoms with Crippen LogP contribution in [0.3, 0.4) is 0 Å². The second kappa shape index (κ2) is 6.33. The predicted octanol–water partition coefficient (Wildman–Crippen LogP) is 2.69. The number of likely N-dealkylation sites (tertiary alicyclic amines) is 1. The lowest BCUT2D eigenvalue weighted by atomic mass is 10.2. The highest BCUT2D eigenvalue weighted by Gasteiger charge is 2.28. The average Bonchev–Trinajstić information content (AvgIpc) is 3.16. The van der Waals surface area contributed by atoms with Crippen molar-refractivity contribution in [3.63, 3.8) is 0 Å². The van der Waals surface area contributed by atoms with Crippen molar-refractivity contribution in [2.45, 2.75) is 19.4 Å². The van der Waals surface area contributed by atoms with Crippen LogP contribution >= 0.6 is 11.3 Å². The molecule has 0 bridgehead atoms. The van der Waals surface area contributed by atoms with Gasteiger partial charge in [0.1, 0.15) is 12.0 Å². The number of hydrogen-bond donors (Lipinski definition) is 1. The minimum absolute atomic E-state index is 0.0352. The number of aryl methyl sites for hydroxylation is 1. The third-order valence-corrected chi connectivity index (χ3v) is 4.85. The Morgan fingerprint density at radius 1 is 1.48 bits per heavy atom. The zero-order valence-corrected chi connectivity index (χ0v) is 13.4. The number of nitro groups is 1. The number of thiophene rings is 1. The van der Waals surface area contributed by atoms with E-state index in [1.54, 1.807) is 6.07 Å². The van der Waals surface area contributed by atoms with Crippen LogP contribution in [0.15, 0.2) is 29.8 Å². The highest BCUT2D eigenvalue weighted by Crippen LogP contribution is 2.22. The van der Waals surface area contributed by atoms with E-state index in [1.807, 2.05) is 23.3 Å². The Morgan fingerprint density at radius 3 is 2.91 bits per heavy atom. The zero-order chi connectivity index (χ0) is 16.4. The SMILES string of the molecule is Cc1ccsc1C(=O)N1CC[C@H](Nc2ccc([N+](=O)[O-])cn2)C1. The maximum atomic E-state index is 12.5. The van der Waals surface area contributed by atoms with E-state index in [9.17, 15) is 14.9 Å². The van der Waals surface area contributed by atoms with Crippen molar-refractivity contribution in [1.82, 2.24) is 9.88 Å². The molecule has 7 nitrogen and oxygen atoms in total. The number of rotatable bonds is 4. The molecule has 0 unspecified atom stereocenters. The number of hydrogen-bond acceptors (Lipinski definition) is 6. The molecule has 1 fully saturated rings. The van der Waals surface area contributed by atoms with E-state index in [1.165, 1.54) is 23.6 Å². The number of carbonyl (C=O) groups is 1. The van der Waals surface area contributed by atoms with Crippen molar-refractivity contribution in [1.29, 1.82) is 0 Å². The maximum Gasteiger partial charge on any atom is 0.287 e. The first-order valence-electron chi connectivity index (χ1n) is 7.25. The predicted molar refractivity (Wildman–Crippen MR) is 87.9 cm³/mol. The van der Waals surface area contributed by atoms with Crippen LogP contribution < -0.4 is 5.32 Å². The van der Waals surface area contributed by atoms with Gasteiger partial charge in [-0.1, -0.05) is 0 Å². The monoisotopic (exact) mass is 332 g/mol. The molecule has 1 aliphatic rings. The van der Waals surface area contributed by atoms with Gasteiger partial charge in [0.15, 0.2) is 0 Å². The molecule has 3 rings (SSSR count). The van der Waals surface area contributed by atoms with Gasteiger partial charge in [0.2, 0.25) is 0 Å². The number of pyridine rings is 1. The Bertz CT molecular complexity index is 729. The van der Waals surface area contributed by atoms with E-state index < -0.39 is 4.92 Å². The Hall–Kier alpha value is -2.48. The van der Waals surface area contributed by atoms with Crippen LogP contribution in [0.4, 0.5) is 11.5 Å². The highest BCUT2D eigenvalue weighted by atomic mass is 32.1. The Balaban J connectivity index is 1.60. The van der Waals surface area contributed by atoms with Crippen LogP contribution in [0, 0.1) is 17.0 Å². The standard InChI is InChI=1S/C15H16N4O3S/c1-10-5-7-23-14(10)15(20)18-6-4-11(9-18)17-13-3-2-12(8-16-13)19(21)22/h2-3,5,7-8,11H,4,6,9H2,1H3,(H,16,17)/t11-/m0/s1. The summed E-state index contributed by atoms with van der Waals surface area (Å²) in [5.41, 5.74) is 0.973. The van der Waals surface area contributed by atoms with Gasteiger partial charge in [-0.05, 0) is 36.4 Å². The molecule has 0 saturated carbocycles. The normalized spacial score (nSPS) is 17.3. The smallest absolute Gasteiger partial charge is 0.287 e. The number of amides is 1. The van der Waals surface area contributed by atoms with E-state index in [2.05, 4.69) is 10.3 Å². The number of nitrogens with one attached hydrogen (secondary N) is 1. The van der Waals surface area contributed by atoms with E-state index in [0.29, 0.717) is 18.9 Å². The molecule has 1 saturated heterocycles. The van der Waals surface area contributed by atoms with Crippen LogP contribution in [0.5, 0.6) is 0 Å². The number of aromatic nitrogens is 1. The van der Waals surface area contributed by atoms with Gasteiger partial charge in [0.25, 0.3) is 11.6 Å². The Labute approximate surface area is 137 Å². The fourth-order valence-corrected chi connectivity index (χ4v) is 3.48. The summed E-state index contributed by atoms with van der Waals surface area (Å²) in [6.07, 6.45) is 2.06. The van der Waals surface area contributed by atoms with Gasteiger partial charge in [-0.2, -0.15) is 0 Å². The lowest BCUT2D eigenvalue weighted by Crippen LogP contribution is -2.31. The number of anilines is 1. The van der Waals surface area contributed by atoms with Crippen LogP contribution in [0.25, 0.3) is 0 Å². The molecule has 120 valence electrons. The first-order valence-corrected chi connectivity index (χ1v) is 8.13. The summed E-state index contributed by atoms with van der Waals surface area (Å²) in [5.74, 6) is 0.653. The molecule has 2 aromatic rings. The molecule has 3 heterocycles. The van der Waals surface area contributed by atoms with Crippen LogP contribution in [-0.4, -0.2) is 39.8 Å². The highest BCUT2D eigenvalue weighted by molar-refractivity contribution is 7.12. The van der Waals surface area contributed by atoms with Gasteiger partial charge in [-0.3, -0.25) is 14.9 Å². The number of carbonyl (C=O) groups excluding carboxylic acids is 1. The Morgan fingerprint density at radius 2 is 2.30 bits per heavy atom. The fourth-order valence-electron chi connectivity index (χ4n) is 2.59. The van der Waals surface area contributed by atoms with E-state index >= 15 is 0 Å². The summed E-state index contributed by atoms with van der Waals surface area (Å²) in [7, 11) is 0. The largest absolute Gasteiger partial charge is 0.365 e. The second-order valence-electron chi connectivity index (χ2n) is 5.47. The first kappa shape index (κ1) is 15.4. The number of nitrogens with zero attached hydrogens (tertiary/aromatic N) is 3. The molecule has 23 heavy (non-hydrogen) atoms. The minimum atomic E-state index is -0.476. The zero-order valence-electron chi connectivity index (χ0n) is 12.6. The van der Waals surface area contributed by atoms with E-state index in [0.717, 1.165) is 16.9 Å². The molecule has 1 aliphatic heterocycles. The summed E-state index contributed by atoms with van der Waals surface area (Å²) in [4.78, 5) is 29.3. The van der Waals surface area contributed by atoms with Crippen molar-refractivity contribution in [3.05, 3.63) is 50.3 Å². The van der Waals surface area contributed by atoms with Crippen LogP contribution in [0.2, 0.25) is 0 Å². The quantitative estimate of drug-likeness (QED) is 0.687. The van der Waals surface area contributed by atoms with Gasteiger partial charge in [-0.25, -0.2) is 4.98 Å². The molecular weight excluding hydrogens is 316 g/mol. The summed E-state index contributed by atoms with van der Waals surface area (Å²) >= 11 is 1.47. The van der Waals surface area contributed by atoms with Crippen molar-refractivity contribution in [2.24, 2.45) is 0 Å². The molecule has 1 atom stereocenters. The lowest BCUT2D eigenvalue weighted by Gasteiger charge is -2.17. The summed E-state index contributed by atoms with van der Waals surface area (Å²) in [6.45, 7) is 3.24. The van der Waals surface area contributed by atoms with Crippen LogP contribution in [-0.2, 0) is 0 Å². The molecule has 8 heteroatoms. The van der Waals surface area contributed by atoms with E-state index in [-0.39, 0.29) is 17.6 Å². The maximum absolute atomic E-state index is 12.5. The molecule has 1 N–H and O–H groups in total. The van der Waals surface area contributed by atoms with Gasteiger partial charge in [-0.15, -0.1) is 11.3 Å². The summed E-state index contributed by atoms with van der Waals surface area (Å²) in [6, 6.07) is 5.06. The average molecular weight is 332 g/mol. The van der Waals surface area contributed by atoms with Gasteiger partial charge in [0, 0.05) is 25.2 Å². The molecular formula is C15H16N4O3S. The van der Waals surface area contributed by atoms with Crippen molar-refractivity contribution < 1.29 is 9.72 Å². The van der Waals surface area contributed by atoms with Crippen molar-refractivity contribution >= 4 is 28.7 Å². The summed E-state index contributed by atoms with van der Waals surface area (Å²) < 4.78 is 0. The molecule has 0 spiro atoms. The first-order chi connectivity index (χ1) is 11.0.